The Kier molecular flexibility index (Phi) is 4.37. The molecule has 1 aliphatic heterocycles. The summed E-state index contributed by atoms with van der Waals surface area (Å²) in [6.45, 7) is 2.08. The molecular formula is C14H19FN2O2. The van der Waals surface area contributed by atoms with Crippen LogP contribution in [0.4, 0.5) is 4.39 Å². The van der Waals surface area contributed by atoms with Crippen molar-refractivity contribution in [2.45, 2.75) is 12.8 Å². The van der Waals surface area contributed by atoms with Crippen LogP contribution in [0.1, 0.15) is 12.0 Å². The molecule has 1 atom stereocenters. The van der Waals surface area contributed by atoms with Gasteiger partial charge in [-0.1, -0.05) is 6.07 Å². The van der Waals surface area contributed by atoms with E-state index in [2.05, 4.69) is 0 Å². The van der Waals surface area contributed by atoms with E-state index in [1.165, 1.54) is 13.2 Å². The molecule has 1 fully saturated rings. The summed E-state index contributed by atoms with van der Waals surface area (Å²) in [5.41, 5.74) is 6.27. The van der Waals surface area contributed by atoms with E-state index in [1.54, 1.807) is 17.0 Å². The molecule has 1 heterocycles. The Morgan fingerprint density at radius 2 is 2.37 bits per heavy atom. The molecule has 2 rings (SSSR count). The molecule has 1 aromatic carbocycles. The van der Waals surface area contributed by atoms with Crippen LogP contribution in [0, 0.1) is 11.7 Å². The second kappa shape index (κ2) is 6.02. The van der Waals surface area contributed by atoms with E-state index in [0.717, 1.165) is 13.0 Å². The summed E-state index contributed by atoms with van der Waals surface area (Å²) >= 11 is 0. The Morgan fingerprint density at radius 3 is 2.95 bits per heavy atom. The van der Waals surface area contributed by atoms with Gasteiger partial charge in [0.1, 0.15) is 0 Å². The average molecular weight is 266 g/mol. The standard InChI is InChI=1S/C14H19FN2O2/c1-19-13-3-2-10(6-12(13)15)7-14(18)17-5-4-11(8-16)9-17/h2-3,6,11H,4-5,7-9,16H2,1H3/t11-/m0/s1. The minimum atomic E-state index is -0.436. The van der Waals surface area contributed by atoms with Crippen molar-refractivity contribution in [1.82, 2.24) is 4.90 Å². The lowest BCUT2D eigenvalue weighted by Crippen LogP contribution is -2.31. The second-order valence-electron chi connectivity index (χ2n) is 4.88. The predicted octanol–water partition coefficient (Wildman–Crippen LogP) is 1.18. The van der Waals surface area contributed by atoms with Gasteiger partial charge in [0, 0.05) is 13.1 Å². The van der Waals surface area contributed by atoms with Crippen LogP contribution in [0.25, 0.3) is 0 Å². The molecule has 1 amide bonds. The molecule has 0 aromatic heterocycles. The Bertz CT molecular complexity index is 465. The lowest BCUT2D eigenvalue weighted by molar-refractivity contribution is -0.129. The Morgan fingerprint density at radius 1 is 1.58 bits per heavy atom. The van der Waals surface area contributed by atoms with Crippen LogP contribution in [0.2, 0.25) is 0 Å². The minimum absolute atomic E-state index is 0.0283. The summed E-state index contributed by atoms with van der Waals surface area (Å²) in [5, 5.41) is 0. The number of carbonyl (C=O) groups excluding carboxylic acids is 1. The van der Waals surface area contributed by atoms with Gasteiger partial charge in [-0.15, -0.1) is 0 Å². The number of nitrogens with zero attached hydrogens (tertiary/aromatic N) is 1. The van der Waals surface area contributed by atoms with E-state index in [9.17, 15) is 9.18 Å². The highest BCUT2D eigenvalue weighted by atomic mass is 19.1. The van der Waals surface area contributed by atoms with Crippen LogP contribution < -0.4 is 10.5 Å². The number of rotatable bonds is 4. The van der Waals surface area contributed by atoms with E-state index < -0.39 is 5.82 Å². The lowest BCUT2D eigenvalue weighted by Gasteiger charge is -2.16. The number of nitrogens with two attached hydrogens (primary N) is 1. The zero-order valence-corrected chi connectivity index (χ0v) is 11.1. The fourth-order valence-electron chi connectivity index (χ4n) is 2.36. The van der Waals surface area contributed by atoms with Gasteiger partial charge in [-0.2, -0.15) is 0 Å². The van der Waals surface area contributed by atoms with Gasteiger partial charge >= 0.3 is 0 Å². The van der Waals surface area contributed by atoms with Crippen LogP contribution in [0.15, 0.2) is 18.2 Å². The molecule has 2 N–H and O–H groups in total. The van der Waals surface area contributed by atoms with Crippen molar-refractivity contribution in [2.75, 3.05) is 26.7 Å². The molecular weight excluding hydrogens is 247 g/mol. The van der Waals surface area contributed by atoms with Crippen molar-refractivity contribution >= 4 is 5.91 Å². The van der Waals surface area contributed by atoms with Gasteiger partial charge in [0.2, 0.25) is 5.91 Å². The van der Waals surface area contributed by atoms with E-state index in [4.69, 9.17) is 10.5 Å². The SMILES string of the molecule is COc1ccc(CC(=O)N2CC[C@@H](CN)C2)cc1F. The summed E-state index contributed by atoms with van der Waals surface area (Å²) in [6, 6.07) is 4.62. The first-order chi connectivity index (χ1) is 9.13. The van der Waals surface area contributed by atoms with Crippen molar-refractivity contribution in [3.8, 4) is 5.75 Å². The van der Waals surface area contributed by atoms with Crippen LogP contribution in [0.3, 0.4) is 0 Å². The second-order valence-corrected chi connectivity index (χ2v) is 4.88. The van der Waals surface area contributed by atoms with Gasteiger partial charge in [0.15, 0.2) is 11.6 Å². The molecule has 0 spiro atoms. The van der Waals surface area contributed by atoms with Gasteiger partial charge in [-0.3, -0.25) is 4.79 Å². The normalized spacial score (nSPS) is 18.7. The number of hydrogen-bond donors (Lipinski definition) is 1. The predicted molar refractivity (Wildman–Crippen MR) is 70.4 cm³/mol. The van der Waals surface area contributed by atoms with Crippen LogP contribution >= 0.6 is 0 Å². The topological polar surface area (TPSA) is 55.6 Å². The van der Waals surface area contributed by atoms with Crippen LogP contribution in [0.5, 0.6) is 5.75 Å². The highest BCUT2D eigenvalue weighted by Gasteiger charge is 2.25. The van der Waals surface area contributed by atoms with Gasteiger partial charge in [0.05, 0.1) is 13.5 Å². The van der Waals surface area contributed by atoms with Gasteiger partial charge in [-0.05, 0) is 36.6 Å². The molecule has 1 aliphatic rings. The summed E-state index contributed by atoms with van der Waals surface area (Å²) < 4.78 is 18.4. The van der Waals surface area contributed by atoms with Gasteiger partial charge < -0.3 is 15.4 Å². The first kappa shape index (κ1) is 13.8. The summed E-state index contributed by atoms with van der Waals surface area (Å²) in [4.78, 5) is 13.9. The molecule has 4 nitrogen and oxygen atoms in total. The largest absolute Gasteiger partial charge is 0.494 e. The van der Waals surface area contributed by atoms with Crippen LogP contribution in [-0.4, -0.2) is 37.6 Å². The molecule has 1 saturated heterocycles. The zero-order chi connectivity index (χ0) is 13.8. The quantitative estimate of drug-likeness (QED) is 0.890. The molecule has 0 aliphatic carbocycles. The fourth-order valence-corrected chi connectivity index (χ4v) is 2.36. The molecule has 0 saturated carbocycles. The Balaban J connectivity index is 1.97. The summed E-state index contributed by atoms with van der Waals surface area (Å²) in [5.74, 6) is 0.187. The molecule has 0 unspecified atom stereocenters. The molecule has 5 heteroatoms. The van der Waals surface area contributed by atoms with E-state index in [-0.39, 0.29) is 18.1 Å². The molecule has 19 heavy (non-hydrogen) atoms. The summed E-state index contributed by atoms with van der Waals surface area (Å²) in [6.07, 6.45) is 1.18. The van der Waals surface area contributed by atoms with Crippen molar-refractivity contribution in [1.29, 1.82) is 0 Å². The number of halogens is 1. The maximum Gasteiger partial charge on any atom is 0.227 e. The lowest BCUT2D eigenvalue weighted by atomic mass is 10.1. The van der Waals surface area contributed by atoms with Gasteiger partial charge in [-0.25, -0.2) is 4.39 Å². The number of benzene rings is 1. The van der Waals surface area contributed by atoms with Crippen molar-refractivity contribution in [3.63, 3.8) is 0 Å². The number of ether oxygens (including phenoxy) is 1. The molecule has 0 bridgehead atoms. The third-order valence-electron chi connectivity index (χ3n) is 3.54. The number of carbonyl (C=O) groups is 1. The van der Waals surface area contributed by atoms with E-state index >= 15 is 0 Å². The molecule has 1 aromatic rings. The van der Waals surface area contributed by atoms with E-state index in [1.807, 2.05) is 0 Å². The molecule has 104 valence electrons. The van der Waals surface area contributed by atoms with Crippen molar-refractivity contribution in [3.05, 3.63) is 29.6 Å². The number of likely N-dealkylation sites (tertiary alicyclic amines) is 1. The highest BCUT2D eigenvalue weighted by molar-refractivity contribution is 5.79. The average Bonchev–Trinajstić information content (AvgIpc) is 2.88. The summed E-state index contributed by atoms with van der Waals surface area (Å²) in [7, 11) is 1.42. The third kappa shape index (κ3) is 3.23. The number of methoxy groups -OCH3 is 1. The maximum absolute atomic E-state index is 13.5. The Labute approximate surface area is 112 Å². The van der Waals surface area contributed by atoms with Crippen molar-refractivity contribution < 1.29 is 13.9 Å². The Hall–Kier alpha value is -1.62. The first-order valence-corrected chi connectivity index (χ1v) is 6.44. The third-order valence-corrected chi connectivity index (χ3v) is 3.54. The first-order valence-electron chi connectivity index (χ1n) is 6.44. The number of hydrogen-bond acceptors (Lipinski definition) is 3. The highest BCUT2D eigenvalue weighted by Crippen LogP contribution is 2.20. The fraction of sp³-hybridized carbons (Fsp3) is 0.500. The van der Waals surface area contributed by atoms with Gasteiger partial charge in [0.25, 0.3) is 0 Å². The minimum Gasteiger partial charge on any atom is -0.494 e. The monoisotopic (exact) mass is 266 g/mol. The van der Waals surface area contributed by atoms with E-state index in [0.29, 0.717) is 24.6 Å². The maximum atomic E-state index is 13.5. The zero-order valence-electron chi connectivity index (χ0n) is 11.1. The smallest absolute Gasteiger partial charge is 0.227 e. The van der Waals surface area contributed by atoms with Crippen LogP contribution in [-0.2, 0) is 11.2 Å². The van der Waals surface area contributed by atoms with Crippen molar-refractivity contribution in [2.24, 2.45) is 11.7 Å². The number of amides is 1. The molecule has 0 radical (unpaired) electrons.